The largest absolute Gasteiger partial charge is 0.318 e. The fourth-order valence-corrected chi connectivity index (χ4v) is 6.67. The van der Waals surface area contributed by atoms with Crippen LogP contribution in [0.5, 0.6) is 0 Å². The zero-order valence-corrected chi connectivity index (χ0v) is 26.9. The second kappa shape index (κ2) is 13.8. The molecule has 7 rings (SSSR count). The third kappa shape index (κ3) is 7.24. The molecule has 0 amide bonds. The first-order chi connectivity index (χ1) is 22.2. The van der Waals surface area contributed by atoms with Crippen molar-refractivity contribution in [1.29, 1.82) is 0 Å². The van der Waals surface area contributed by atoms with Crippen molar-refractivity contribution in [2.24, 2.45) is 7.05 Å². The predicted octanol–water partition coefficient (Wildman–Crippen LogP) is 6.79. The van der Waals surface area contributed by atoms with Crippen LogP contribution >= 0.6 is 11.6 Å². The number of hydrogen-bond acceptors (Lipinski definition) is 5. The number of hydrogen-bond donors (Lipinski definition) is 0. The van der Waals surface area contributed by atoms with Gasteiger partial charge in [-0.05, 0) is 106 Å². The smallest absolute Gasteiger partial charge is 0.253 e. The summed E-state index contributed by atoms with van der Waals surface area (Å²) in [4.78, 5) is 43.9. The van der Waals surface area contributed by atoms with Gasteiger partial charge in [-0.1, -0.05) is 41.9 Å². The van der Waals surface area contributed by atoms with Crippen LogP contribution in [0.25, 0.3) is 11.1 Å². The standard InChI is InChI=1S/C23H22N2O2.C16H14ClNO/c1-15-8-20(14-25(2)23(15)27)22-12-17-5-6-21(26)11-18(17)10-19(22)9-16-4-3-7-24-13-16;17-16-9-12-3-4-15(19)8-13(12)7-14(16)6-11-2-1-5-18-10-11/h3-4,7-8,10,12-14H,5-6,9,11H2,1-2H3;1-2,5,7,9-10H,3-4,6,8H2. The maximum absolute atomic E-state index is 12.1. The third-order valence-electron chi connectivity index (χ3n) is 8.82. The fraction of sp³-hybridized carbons (Fsp3) is 0.256. The van der Waals surface area contributed by atoms with Crippen LogP contribution in [0.3, 0.4) is 0 Å². The lowest BCUT2D eigenvalue weighted by Gasteiger charge is -2.20. The molecule has 0 atom stereocenters. The monoisotopic (exact) mass is 629 g/mol. The van der Waals surface area contributed by atoms with E-state index in [2.05, 4.69) is 34.2 Å². The zero-order chi connectivity index (χ0) is 32.2. The Morgan fingerprint density at radius 1 is 0.717 bits per heavy atom. The number of Topliss-reactive ketones (excluding diaryl/α,β-unsaturated/α-hetero) is 2. The highest BCUT2D eigenvalue weighted by atomic mass is 35.5. The second-order valence-electron chi connectivity index (χ2n) is 12.3. The summed E-state index contributed by atoms with van der Waals surface area (Å²) >= 11 is 6.34. The first-order valence-electron chi connectivity index (χ1n) is 15.7. The minimum absolute atomic E-state index is 0.0242. The van der Waals surface area contributed by atoms with Gasteiger partial charge in [-0.2, -0.15) is 0 Å². The molecule has 0 fully saturated rings. The summed E-state index contributed by atoms with van der Waals surface area (Å²) in [5.41, 5.74) is 12.2. The van der Waals surface area contributed by atoms with Gasteiger partial charge in [0.1, 0.15) is 11.6 Å². The second-order valence-corrected chi connectivity index (χ2v) is 12.7. The van der Waals surface area contributed by atoms with Crippen LogP contribution in [0.4, 0.5) is 0 Å². The van der Waals surface area contributed by atoms with Gasteiger partial charge in [0.2, 0.25) is 0 Å². The maximum atomic E-state index is 12.1. The van der Waals surface area contributed by atoms with Gasteiger partial charge in [0.05, 0.1) is 0 Å². The minimum Gasteiger partial charge on any atom is -0.318 e. The number of benzene rings is 2. The van der Waals surface area contributed by atoms with E-state index < -0.39 is 0 Å². The molecule has 0 N–H and O–H groups in total. The Morgan fingerprint density at radius 2 is 1.28 bits per heavy atom. The van der Waals surface area contributed by atoms with Gasteiger partial charge in [-0.25, -0.2) is 0 Å². The molecule has 7 heteroatoms. The highest BCUT2D eigenvalue weighted by Crippen LogP contribution is 2.32. The summed E-state index contributed by atoms with van der Waals surface area (Å²) in [5, 5.41) is 0.789. The van der Waals surface area contributed by atoms with Gasteiger partial charge in [0.25, 0.3) is 5.56 Å². The predicted molar refractivity (Wildman–Crippen MR) is 181 cm³/mol. The van der Waals surface area contributed by atoms with E-state index in [0.717, 1.165) is 80.8 Å². The van der Waals surface area contributed by atoms with Gasteiger partial charge in [-0.15, -0.1) is 0 Å². The number of ketones is 2. The lowest BCUT2D eigenvalue weighted by molar-refractivity contribution is -0.119. The Morgan fingerprint density at radius 3 is 1.85 bits per heavy atom. The van der Waals surface area contributed by atoms with Crippen LogP contribution in [0.2, 0.25) is 5.02 Å². The topological polar surface area (TPSA) is 81.9 Å². The number of carbonyl (C=O) groups is 2. The van der Waals surface area contributed by atoms with Crippen molar-refractivity contribution in [3.8, 4) is 11.1 Å². The van der Waals surface area contributed by atoms with Gasteiger partial charge >= 0.3 is 0 Å². The van der Waals surface area contributed by atoms with Crippen LogP contribution in [0.15, 0.2) is 90.4 Å². The molecule has 5 aromatic rings. The van der Waals surface area contributed by atoms with Crippen molar-refractivity contribution in [3.63, 3.8) is 0 Å². The Labute approximate surface area is 274 Å². The Kier molecular flexibility index (Phi) is 9.36. The number of fused-ring (bicyclic) bond motifs is 2. The van der Waals surface area contributed by atoms with Crippen molar-refractivity contribution in [2.45, 2.75) is 58.3 Å². The van der Waals surface area contributed by atoms with Gasteiger partial charge < -0.3 is 4.57 Å². The number of aromatic nitrogens is 3. The van der Waals surface area contributed by atoms with E-state index in [1.807, 2.05) is 55.8 Å². The van der Waals surface area contributed by atoms with E-state index in [1.165, 1.54) is 11.1 Å². The molecule has 2 aromatic carbocycles. The quantitative estimate of drug-likeness (QED) is 0.214. The number of aryl methyl sites for hydroxylation is 4. The number of carbonyl (C=O) groups excluding carboxylic acids is 2. The summed E-state index contributed by atoms with van der Waals surface area (Å²) in [5.74, 6) is 0.627. The number of pyridine rings is 3. The third-order valence-corrected chi connectivity index (χ3v) is 9.18. The lowest BCUT2D eigenvalue weighted by Crippen LogP contribution is -2.19. The summed E-state index contributed by atoms with van der Waals surface area (Å²) in [7, 11) is 1.79. The molecule has 0 aliphatic heterocycles. The Balaban J connectivity index is 0.000000172. The van der Waals surface area contributed by atoms with Gasteiger partial charge in [0, 0.05) is 80.7 Å². The van der Waals surface area contributed by atoms with Crippen molar-refractivity contribution in [3.05, 3.63) is 151 Å². The van der Waals surface area contributed by atoms with Crippen LogP contribution in [0, 0.1) is 6.92 Å². The molecule has 0 saturated heterocycles. The summed E-state index contributed by atoms with van der Waals surface area (Å²) in [6.07, 6.45) is 14.6. The average molecular weight is 630 g/mol. The van der Waals surface area contributed by atoms with E-state index in [-0.39, 0.29) is 5.56 Å². The van der Waals surface area contributed by atoms with Crippen molar-refractivity contribution in [2.75, 3.05) is 0 Å². The summed E-state index contributed by atoms with van der Waals surface area (Å²) in [6, 6.07) is 18.4. The molecule has 0 unspecified atom stereocenters. The molecule has 3 heterocycles. The van der Waals surface area contributed by atoms with Crippen LogP contribution < -0.4 is 5.56 Å². The first kappa shape index (κ1) is 31.3. The fourth-order valence-electron chi connectivity index (χ4n) is 6.42. The Hall–Kier alpha value is -4.68. The van der Waals surface area contributed by atoms with Crippen LogP contribution in [-0.4, -0.2) is 26.1 Å². The number of nitrogens with zero attached hydrogens (tertiary/aromatic N) is 3. The molecular formula is C39H36ClN3O3. The van der Waals surface area contributed by atoms with Gasteiger partial charge in [0.15, 0.2) is 0 Å². The van der Waals surface area contributed by atoms with E-state index in [0.29, 0.717) is 37.2 Å². The highest BCUT2D eigenvalue weighted by Gasteiger charge is 2.20. The van der Waals surface area contributed by atoms with E-state index in [4.69, 9.17) is 11.6 Å². The normalized spacial score (nSPS) is 13.8. The van der Waals surface area contributed by atoms with E-state index >= 15 is 0 Å². The molecule has 46 heavy (non-hydrogen) atoms. The summed E-state index contributed by atoms with van der Waals surface area (Å²) in [6.45, 7) is 1.85. The van der Waals surface area contributed by atoms with E-state index in [9.17, 15) is 14.4 Å². The SMILES string of the molecule is Cc1cc(-c2cc3c(cc2Cc2cccnc2)CC(=O)CC3)cn(C)c1=O.O=C1CCc2cc(Cl)c(Cc3cccnc3)cc2C1. The summed E-state index contributed by atoms with van der Waals surface area (Å²) < 4.78 is 1.64. The first-order valence-corrected chi connectivity index (χ1v) is 16.0. The molecule has 0 spiro atoms. The molecule has 3 aromatic heterocycles. The highest BCUT2D eigenvalue weighted by molar-refractivity contribution is 6.31. The number of rotatable bonds is 5. The molecule has 6 nitrogen and oxygen atoms in total. The zero-order valence-electron chi connectivity index (χ0n) is 26.2. The van der Waals surface area contributed by atoms with Crippen molar-refractivity contribution < 1.29 is 9.59 Å². The van der Waals surface area contributed by atoms with Crippen molar-refractivity contribution >= 4 is 23.2 Å². The maximum Gasteiger partial charge on any atom is 0.253 e. The molecule has 0 saturated carbocycles. The number of halogens is 1. The minimum atomic E-state index is 0.0242. The van der Waals surface area contributed by atoms with Crippen LogP contribution in [-0.2, 0) is 55.2 Å². The molecule has 232 valence electrons. The molecule has 2 aliphatic carbocycles. The average Bonchev–Trinajstić information content (AvgIpc) is 3.05. The Bertz CT molecular complexity index is 1960. The van der Waals surface area contributed by atoms with Crippen molar-refractivity contribution in [1.82, 2.24) is 14.5 Å². The van der Waals surface area contributed by atoms with Gasteiger partial charge in [-0.3, -0.25) is 24.4 Å². The van der Waals surface area contributed by atoms with Crippen LogP contribution in [0.1, 0.15) is 62.9 Å². The lowest BCUT2D eigenvalue weighted by atomic mass is 9.84. The molecule has 0 radical (unpaired) electrons. The molecule has 2 aliphatic rings. The molecule has 0 bridgehead atoms. The van der Waals surface area contributed by atoms with E-state index in [1.54, 1.807) is 24.0 Å². The molecular weight excluding hydrogens is 594 g/mol.